The molecule has 0 heterocycles. The molecule has 0 aromatic heterocycles. The molecule has 0 aliphatic heterocycles. The van der Waals surface area contributed by atoms with Gasteiger partial charge < -0.3 is 5.73 Å². The second kappa shape index (κ2) is 2.60. The first-order valence-electron chi connectivity index (χ1n) is 5.69. The Morgan fingerprint density at radius 1 is 1.31 bits per heavy atom. The summed E-state index contributed by atoms with van der Waals surface area (Å²) in [7, 11) is 0. The van der Waals surface area contributed by atoms with Crippen molar-refractivity contribution in [1.29, 1.82) is 0 Å². The molecule has 3 aliphatic carbocycles. The average Bonchev–Trinajstić information content (AvgIpc) is 2.57. The van der Waals surface area contributed by atoms with E-state index in [1.54, 1.807) is 0 Å². The standard InChI is InChI=1S/C12H19N/c1-2-3-9(13)12-10-7-4-5-8(6-7)11(10)12/h2,7-12H,1,3-6,13H2. The fourth-order valence-corrected chi connectivity index (χ4v) is 4.31. The first-order chi connectivity index (χ1) is 6.33. The van der Waals surface area contributed by atoms with Gasteiger partial charge in [-0.3, -0.25) is 0 Å². The third-order valence-electron chi connectivity index (χ3n) is 4.73. The Bertz CT molecular complexity index is 219. The monoisotopic (exact) mass is 177 g/mol. The quantitative estimate of drug-likeness (QED) is 0.657. The number of hydrogen-bond acceptors (Lipinski definition) is 1. The average molecular weight is 177 g/mol. The van der Waals surface area contributed by atoms with E-state index in [-0.39, 0.29) is 0 Å². The van der Waals surface area contributed by atoms with Crippen molar-refractivity contribution >= 4 is 0 Å². The van der Waals surface area contributed by atoms with Crippen LogP contribution >= 0.6 is 0 Å². The molecule has 13 heavy (non-hydrogen) atoms. The Labute approximate surface area is 80.4 Å². The molecule has 1 nitrogen and oxygen atoms in total. The van der Waals surface area contributed by atoms with Crippen LogP contribution in [0.5, 0.6) is 0 Å². The largest absolute Gasteiger partial charge is 0.327 e. The van der Waals surface area contributed by atoms with Gasteiger partial charge >= 0.3 is 0 Å². The summed E-state index contributed by atoms with van der Waals surface area (Å²) in [6.07, 6.45) is 7.55. The summed E-state index contributed by atoms with van der Waals surface area (Å²) in [5, 5.41) is 0. The van der Waals surface area contributed by atoms with Crippen LogP contribution in [0.1, 0.15) is 25.7 Å². The Balaban J connectivity index is 1.69. The third-order valence-corrected chi connectivity index (χ3v) is 4.73. The Kier molecular flexibility index (Phi) is 1.61. The fraction of sp³-hybridized carbons (Fsp3) is 0.833. The molecule has 3 aliphatic rings. The molecule has 5 atom stereocenters. The predicted molar refractivity (Wildman–Crippen MR) is 54.1 cm³/mol. The van der Waals surface area contributed by atoms with Gasteiger partial charge in [0.1, 0.15) is 0 Å². The van der Waals surface area contributed by atoms with Crippen molar-refractivity contribution in [3.8, 4) is 0 Å². The highest BCUT2D eigenvalue weighted by atomic mass is 14.8. The summed E-state index contributed by atoms with van der Waals surface area (Å²) in [5.41, 5.74) is 6.16. The number of nitrogens with two attached hydrogens (primary N) is 1. The molecule has 3 fully saturated rings. The van der Waals surface area contributed by atoms with E-state index in [1.165, 1.54) is 19.3 Å². The molecule has 2 N–H and O–H groups in total. The highest BCUT2D eigenvalue weighted by Crippen LogP contribution is 2.70. The lowest BCUT2D eigenvalue weighted by molar-refractivity contribution is 0.412. The van der Waals surface area contributed by atoms with Crippen LogP contribution in [0.15, 0.2) is 12.7 Å². The van der Waals surface area contributed by atoms with Crippen LogP contribution in [-0.4, -0.2) is 6.04 Å². The van der Waals surface area contributed by atoms with Crippen molar-refractivity contribution in [2.75, 3.05) is 0 Å². The molecule has 3 saturated carbocycles. The van der Waals surface area contributed by atoms with Gasteiger partial charge in [0.05, 0.1) is 0 Å². The molecule has 2 bridgehead atoms. The molecule has 1 heteroatoms. The van der Waals surface area contributed by atoms with Crippen LogP contribution in [0.4, 0.5) is 0 Å². The smallest absolute Gasteiger partial charge is 0.0107 e. The van der Waals surface area contributed by atoms with Gasteiger partial charge in [-0.15, -0.1) is 6.58 Å². The van der Waals surface area contributed by atoms with Crippen molar-refractivity contribution in [2.45, 2.75) is 31.7 Å². The minimum absolute atomic E-state index is 0.427. The molecule has 3 rings (SSSR count). The second-order valence-electron chi connectivity index (χ2n) is 5.25. The Morgan fingerprint density at radius 3 is 2.46 bits per heavy atom. The highest BCUT2D eigenvalue weighted by Gasteiger charge is 2.65. The summed E-state index contributed by atoms with van der Waals surface area (Å²) >= 11 is 0. The van der Waals surface area contributed by atoms with E-state index >= 15 is 0 Å². The normalized spacial score (nSPS) is 53.2. The maximum absolute atomic E-state index is 6.16. The van der Waals surface area contributed by atoms with Crippen LogP contribution in [0.3, 0.4) is 0 Å². The maximum atomic E-state index is 6.16. The molecular weight excluding hydrogens is 158 g/mol. The van der Waals surface area contributed by atoms with Crippen LogP contribution < -0.4 is 5.73 Å². The predicted octanol–water partition coefficient (Wildman–Crippen LogP) is 2.18. The third kappa shape index (κ3) is 0.969. The Morgan fingerprint density at radius 2 is 1.92 bits per heavy atom. The summed E-state index contributed by atoms with van der Waals surface area (Å²) in [6, 6.07) is 0.427. The number of rotatable bonds is 3. The van der Waals surface area contributed by atoms with Crippen molar-refractivity contribution < 1.29 is 0 Å². The lowest BCUT2D eigenvalue weighted by Gasteiger charge is -2.13. The van der Waals surface area contributed by atoms with Gasteiger partial charge in [0, 0.05) is 6.04 Å². The van der Waals surface area contributed by atoms with E-state index in [0.29, 0.717) is 6.04 Å². The minimum Gasteiger partial charge on any atom is -0.327 e. The molecule has 0 saturated heterocycles. The molecule has 0 amide bonds. The maximum Gasteiger partial charge on any atom is 0.0107 e. The van der Waals surface area contributed by atoms with E-state index in [4.69, 9.17) is 5.73 Å². The van der Waals surface area contributed by atoms with E-state index in [0.717, 1.165) is 36.0 Å². The topological polar surface area (TPSA) is 26.0 Å². The number of fused-ring (bicyclic) bond motifs is 5. The second-order valence-corrected chi connectivity index (χ2v) is 5.25. The lowest BCUT2D eigenvalue weighted by atomic mass is 9.96. The van der Waals surface area contributed by atoms with Crippen LogP contribution in [-0.2, 0) is 0 Å². The zero-order valence-corrected chi connectivity index (χ0v) is 8.15. The molecule has 5 unspecified atom stereocenters. The molecule has 0 aromatic rings. The number of hydrogen-bond donors (Lipinski definition) is 1. The van der Waals surface area contributed by atoms with E-state index in [1.807, 2.05) is 6.08 Å². The summed E-state index contributed by atoms with van der Waals surface area (Å²) in [4.78, 5) is 0. The molecule has 0 spiro atoms. The van der Waals surface area contributed by atoms with Crippen molar-refractivity contribution in [3.05, 3.63) is 12.7 Å². The molecule has 72 valence electrons. The molecule has 0 aromatic carbocycles. The van der Waals surface area contributed by atoms with Gasteiger partial charge in [0.2, 0.25) is 0 Å². The summed E-state index contributed by atoms with van der Waals surface area (Å²) < 4.78 is 0. The van der Waals surface area contributed by atoms with Gasteiger partial charge in [-0.2, -0.15) is 0 Å². The van der Waals surface area contributed by atoms with E-state index in [9.17, 15) is 0 Å². The molecule has 0 radical (unpaired) electrons. The van der Waals surface area contributed by atoms with E-state index in [2.05, 4.69) is 6.58 Å². The Hall–Kier alpha value is -0.300. The van der Waals surface area contributed by atoms with Crippen molar-refractivity contribution in [2.24, 2.45) is 35.3 Å². The zero-order chi connectivity index (χ0) is 9.00. The van der Waals surface area contributed by atoms with Gasteiger partial charge in [-0.1, -0.05) is 6.08 Å². The first kappa shape index (κ1) is 8.05. The van der Waals surface area contributed by atoms with Gasteiger partial charge in [-0.25, -0.2) is 0 Å². The van der Waals surface area contributed by atoms with E-state index < -0.39 is 0 Å². The van der Waals surface area contributed by atoms with Crippen molar-refractivity contribution in [3.63, 3.8) is 0 Å². The zero-order valence-electron chi connectivity index (χ0n) is 8.15. The summed E-state index contributed by atoms with van der Waals surface area (Å²) in [6.45, 7) is 3.78. The van der Waals surface area contributed by atoms with Gasteiger partial charge in [0.25, 0.3) is 0 Å². The van der Waals surface area contributed by atoms with Gasteiger partial charge in [-0.05, 0) is 55.3 Å². The van der Waals surface area contributed by atoms with Crippen molar-refractivity contribution in [1.82, 2.24) is 0 Å². The van der Waals surface area contributed by atoms with Gasteiger partial charge in [0.15, 0.2) is 0 Å². The summed E-state index contributed by atoms with van der Waals surface area (Å²) in [5.74, 6) is 5.08. The van der Waals surface area contributed by atoms with Crippen LogP contribution in [0.2, 0.25) is 0 Å². The fourth-order valence-electron chi connectivity index (χ4n) is 4.31. The SMILES string of the molecule is C=CCC(N)C1C2C3CCC(C3)C12. The van der Waals surface area contributed by atoms with Crippen LogP contribution in [0, 0.1) is 29.6 Å². The highest BCUT2D eigenvalue weighted by molar-refractivity contribution is 5.15. The molecular formula is C12H19N. The first-order valence-corrected chi connectivity index (χ1v) is 5.69. The van der Waals surface area contributed by atoms with Crippen LogP contribution in [0.25, 0.3) is 0 Å². The lowest BCUT2D eigenvalue weighted by Crippen LogP contribution is -2.25. The minimum atomic E-state index is 0.427.